The van der Waals surface area contributed by atoms with Gasteiger partial charge in [-0.25, -0.2) is 4.99 Å². The average molecular weight is 247 g/mol. The third-order valence-electron chi connectivity index (χ3n) is 3.44. The lowest BCUT2D eigenvalue weighted by atomic mass is 10.2. The van der Waals surface area contributed by atoms with Crippen LogP contribution in [0.1, 0.15) is 25.7 Å². The predicted molar refractivity (Wildman–Crippen MR) is 75.3 cm³/mol. The maximum Gasteiger partial charge on any atom is 0.195 e. The zero-order valence-electron chi connectivity index (χ0n) is 11.1. The lowest BCUT2D eigenvalue weighted by molar-refractivity contribution is 0.415. The van der Waals surface area contributed by atoms with Crippen LogP contribution in [0.15, 0.2) is 29.3 Å². The molecule has 1 aliphatic carbocycles. The monoisotopic (exact) mass is 247 g/mol. The Morgan fingerprint density at radius 2 is 1.89 bits per heavy atom. The van der Waals surface area contributed by atoms with Gasteiger partial charge in [-0.15, -0.1) is 0 Å². The van der Waals surface area contributed by atoms with Crippen LogP contribution in [0.3, 0.4) is 0 Å². The average Bonchev–Trinajstić information content (AvgIpc) is 2.91. The van der Waals surface area contributed by atoms with Gasteiger partial charge in [0.25, 0.3) is 0 Å². The number of hydrogen-bond acceptors (Lipinski definition) is 2. The van der Waals surface area contributed by atoms with Crippen LogP contribution in [0, 0.1) is 0 Å². The van der Waals surface area contributed by atoms with Gasteiger partial charge in [0.2, 0.25) is 0 Å². The minimum atomic E-state index is 0.408. The number of aliphatic imine (C=N–C) groups is 1. The van der Waals surface area contributed by atoms with Gasteiger partial charge < -0.3 is 15.4 Å². The van der Waals surface area contributed by atoms with E-state index in [2.05, 4.69) is 4.99 Å². The van der Waals surface area contributed by atoms with Crippen molar-refractivity contribution in [1.82, 2.24) is 0 Å². The maximum absolute atomic E-state index is 6.04. The molecule has 0 saturated heterocycles. The highest BCUT2D eigenvalue weighted by molar-refractivity contribution is 5.94. The largest absolute Gasteiger partial charge is 0.497 e. The summed E-state index contributed by atoms with van der Waals surface area (Å²) in [6.07, 6.45) is 4.87. The first-order chi connectivity index (χ1) is 8.70. The topological polar surface area (TPSA) is 50.9 Å². The highest BCUT2D eigenvalue weighted by atomic mass is 16.5. The molecule has 4 heteroatoms. The number of ether oxygens (including phenoxy) is 1. The Labute approximate surface area is 108 Å². The molecule has 98 valence electrons. The fraction of sp³-hybridized carbons (Fsp3) is 0.500. The van der Waals surface area contributed by atoms with Gasteiger partial charge in [-0.2, -0.15) is 0 Å². The molecule has 1 fully saturated rings. The van der Waals surface area contributed by atoms with Crippen LogP contribution in [-0.2, 0) is 0 Å². The molecule has 0 radical (unpaired) electrons. The van der Waals surface area contributed by atoms with Gasteiger partial charge in [-0.1, -0.05) is 12.8 Å². The summed E-state index contributed by atoms with van der Waals surface area (Å²) in [5.41, 5.74) is 7.07. The fourth-order valence-corrected chi connectivity index (χ4v) is 2.25. The van der Waals surface area contributed by atoms with Crippen LogP contribution >= 0.6 is 0 Å². The Bertz CT molecular complexity index is 408. The summed E-state index contributed by atoms with van der Waals surface area (Å²) in [5, 5.41) is 0. The molecular weight excluding hydrogens is 226 g/mol. The van der Waals surface area contributed by atoms with E-state index < -0.39 is 0 Å². The molecule has 0 unspecified atom stereocenters. The lowest BCUT2D eigenvalue weighted by Gasteiger charge is -2.19. The molecular formula is C14H21N3O. The number of methoxy groups -OCH3 is 1. The summed E-state index contributed by atoms with van der Waals surface area (Å²) in [6, 6.07) is 8.22. The molecule has 0 amide bonds. The molecule has 1 aliphatic rings. The van der Waals surface area contributed by atoms with Gasteiger partial charge >= 0.3 is 0 Å². The van der Waals surface area contributed by atoms with Crippen LogP contribution < -0.4 is 15.4 Å². The van der Waals surface area contributed by atoms with E-state index in [1.54, 1.807) is 7.11 Å². The van der Waals surface area contributed by atoms with E-state index in [9.17, 15) is 0 Å². The molecule has 1 aromatic carbocycles. The number of hydrogen-bond donors (Lipinski definition) is 1. The summed E-state index contributed by atoms with van der Waals surface area (Å²) < 4.78 is 5.14. The van der Waals surface area contributed by atoms with Gasteiger partial charge in [0, 0.05) is 12.7 Å². The van der Waals surface area contributed by atoms with Crippen molar-refractivity contribution in [2.75, 3.05) is 19.1 Å². The summed E-state index contributed by atoms with van der Waals surface area (Å²) in [5.74, 6) is 1.44. The number of nitrogens with two attached hydrogens (primary N) is 1. The zero-order valence-corrected chi connectivity index (χ0v) is 11.1. The maximum atomic E-state index is 6.04. The van der Waals surface area contributed by atoms with E-state index in [1.807, 2.05) is 36.2 Å². The Balaban J connectivity index is 2.06. The molecule has 1 aromatic rings. The smallest absolute Gasteiger partial charge is 0.195 e. The van der Waals surface area contributed by atoms with Gasteiger partial charge in [-0.05, 0) is 37.1 Å². The van der Waals surface area contributed by atoms with E-state index in [-0.39, 0.29) is 0 Å². The molecule has 1 saturated carbocycles. The van der Waals surface area contributed by atoms with Crippen molar-refractivity contribution >= 4 is 11.6 Å². The van der Waals surface area contributed by atoms with Gasteiger partial charge in [-0.3, -0.25) is 0 Å². The standard InChI is InChI=1S/C14H21N3O/c1-17(12-7-9-13(18-2)10-8-12)14(15)16-11-5-3-4-6-11/h7-11H,3-6H2,1-2H3,(H2,15,16). The van der Waals surface area contributed by atoms with E-state index in [0.29, 0.717) is 12.0 Å². The van der Waals surface area contributed by atoms with Crippen LogP contribution in [0.2, 0.25) is 0 Å². The Hall–Kier alpha value is -1.71. The van der Waals surface area contributed by atoms with Crippen molar-refractivity contribution in [1.29, 1.82) is 0 Å². The number of nitrogens with zero attached hydrogens (tertiary/aromatic N) is 2. The van der Waals surface area contributed by atoms with Gasteiger partial charge in [0.05, 0.1) is 13.2 Å². The lowest BCUT2D eigenvalue weighted by Crippen LogP contribution is -2.35. The molecule has 0 atom stereocenters. The number of benzene rings is 1. The summed E-state index contributed by atoms with van der Waals surface area (Å²) >= 11 is 0. The Morgan fingerprint density at radius 3 is 2.44 bits per heavy atom. The summed E-state index contributed by atoms with van der Waals surface area (Å²) in [7, 11) is 3.60. The summed E-state index contributed by atoms with van der Waals surface area (Å²) in [6.45, 7) is 0. The second kappa shape index (κ2) is 5.76. The predicted octanol–water partition coefficient (Wildman–Crippen LogP) is 2.39. The third-order valence-corrected chi connectivity index (χ3v) is 3.44. The van der Waals surface area contributed by atoms with Crippen molar-refractivity contribution in [3.05, 3.63) is 24.3 Å². The molecule has 0 spiro atoms. The van der Waals surface area contributed by atoms with E-state index >= 15 is 0 Å². The number of anilines is 1. The van der Waals surface area contributed by atoms with Crippen LogP contribution in [0.4, 0.5) is 5.69 Å². The number of guanidine groups is 1. The molecule has 0 bridgehead atoms. The fourth-order valence-electron chi connectivity index (χ4n) is 2.25. The highest BCUT2D eigenvalue weighted by Gasteiger charge is 2.15. The first kappa shape index (κ1) is 12.7. The van der Waals surface area contributed by atoms with Crippen LogP contribution in [0.25, 0.3) is 0 Å². The third kappa shape index (κ3) is 2.94. The second-order valence-electron chi connectivity index (χ2n) is 4.68. The molecule has 4 nitrogen and oxygen atoms in total. The molecule has 0 aromatic heterocycles. The molecule has 0 heterocycles. The van der Waals surface area contributed by atoms with E-state index in [0.717, 1.165) is 24.3 Å². The van der Waals surface area contributed by atoms with Crippen molar-refractivity contribution in [3.8, 4) is 5.75 Å². The molecule has 0 aliphatic heterocycles. The first-order valence-corrected chi connectivity index (χ1v) is 6.42. The highest BCUT2D eigenvalue weighted by Crippen LogP contribution is 2.22. The van der Waals surface area contributed by atoms with Gasteiger partial charge in [0.1, 0.15) is 5.75 Å². The first-order valence-electron chi connectivity index (χ1n) is 6.42. The second-order valence-corrected chi connectivity index (χ2v) is 4.68. The van der Waals surface area contributed by atoms with Crippen molar-refractivity contribution in [2.45, 2.75) is 31.7 Å². The van der Waals surface area contributed by atoms with E-state index in [1.165, 1.54) is 12.8 Å². The SMILES string of the molecule is COc1ccc(N(C)C(N)=NC2CCCC2)cc1. The van der Waals surface area contributed by atoms with Crippen molar-refractivity contribution < 1.29 is 4.74 Å². The van der Waals surface area contributed by atoms with E-state index in [4.69, 9.17) is 10.5 Å². The molecule has 18 heavy (non-hydrogen) atoms. The Kier molecular flexibility index (Phi) is 4.07. The number of rotatable bonds is 3. The minimum absolute atomic E-state index is 0.408. The van der Waals surface area contributed by atoms with Gasteiger partial charge in [0.15, 0.2) is 5.96 Å². The normalized spacial score (nSPS) is 16.9. The Morgan fingerprint density at radius 1 is 1.28 bits per heavy atom. The molecule has 2 rings (SSSR count). The quantitative estimate of drug-likeness (QED) is 0.659. The minimum Gasteiger partial charge on any atom is -0.497 e. The van der Waals surface area contributed by atoms with Crippen molar-refractivity contribution in [2.24, 2.45) is 10.7 Å². The van der Waals surface area contributed by atoms with Crippen LogP contribution in [0.5, 0.6) is 5.75 Å². The zero-order chi connectivity index (χ0) is 13.0. The summed E-state index contributed by atoms with van der Waals surface area (Å²) in [4.78, 5) is 6.50. The molecule has 2 N–H and O–H groups in total. The van der Waals surface area contributed by atoms with Crippen molar-refractivity contribution in [3.63, 3.8) is 0 Å². The van der Waals surface area contributed by atoms with Crippen LogP contribution in [-0.4, -0.2) is 26.2 Å².